The number of benzene rings is 1. The average molecular weight is 346 g/mol. The molecule has 2 nitrogen and oxygen atoms in total. The van der Waals surface area contributed by atoms with E-state index in [1.165, 1.54) is 12.8 Å². The zero-order chi connectivity index (χ0) is 13.4. The molecule has 1 aliphatic rings. The van der Waals surface area contributed by atoms with Gasteiger partial charge in [-0.25, -0.2) is 9.37 Å². The van der Waals surface area contributed by atoms with Crippen molar-refractivity contribution in [1.82, 2.24) is 9.55 Å². The normalized spacial score (nSPS) is 16.6. The fourth-order valence-corrected chi connectivity index (χ4v) is 3.47. The molecule has 3 rings (SSSR count). The summed E-state index contributed by atoms with van der Waals surface area (Å²) in [4.78, 5) is 4.63. The Balaban J connectivity index is 2.19. The lowest BCUT2D eigenvalue weighted by atomic mass is 10.2. The van der Waals surface area contributed by atoms with E-state index in [1.54, 1.807) is 12.1 Å². The van der Waals surface area contributed by atoms with E-state index in [1.807, 2.05) is 0 Å². The van der Waals surface area contributed by atoms with Gasteiger partial charge in [-0.1, -0.05) is 12.8 Å². The van der Waals surface area contributed by atoms with Crippen molar-refractivity contribution in [2.75, 3.05) is 5.88 Å². The number of imidazole rings is 1. The molecule has 1 saturated carbocycles. The number of nitrogens with zero attached hydrogens (tertiary/aromatic N) is 2. The molecule has 2 aromatic rings. The van der Waals surface area contributed by atoms with Gasteiger partial charge in [0.25, 0.3) is 0 Å². The molecule has 0 atom stereocenters. The summed E-state index contributed by atoms with van der Waals surface area (Å²) >= 11 is 9.09. The highest BCUT2D eigenvalue weighted by Gasteiger charge is 2.23. The van der Waals surface area contributed by atoms with Crippen molar-refractivity contribution >= 4 is 38.6 Å². The number of hydrogen-bond acceptors (Lipinski definition) is 1. The molecule has 0 aliphatic heterocycles. The lowest BCUT2D eigenvalue weighted by Crippen LogP contribution is -2.09. The highest BCUT2D eigenvalue weighted by molar-refractivity contribution is 9.10. The first-order valence-corrected chi connectivity index (χ1v) is 7.95. The Bertz CT molecular complexity index is 605. The van der Waals surface area contributed by atoms with Crippen LogP contribution >= 0.6 is 27.5 Å². The van der Waals surface area contributed by atoms with E-state index >= 15 is 0 Å². The van der Waals surface area contributed by atoms with Crippen molar-refractivity contribution in [1.29, 1.82) is 0 Å². The Morgan fingerprint density at radius 2 is 2.11 bits per heavy atom. The molecule has 0 bridgehead atoms. The summed E-state index contributed by atoms with van der Waals surface area (Å²) < 4.78 is 16.5. The Kier molecular flexibility index (Phi) is 3.81. The van der Waals surface area contributed by atoms with Gasteiger partial charge in [0.2, 0.25) is 0 Å². The third kappa shape index (κ3) is 2.40. The molecule has 0 spiro atoms. The van der Waals surface area contributed by atoms with Crippen LogP contribution in [0.25, 0.3) is 11.0 Å². The van der Waals surface area contributed by atoms with E-state index in [0.29, 0.717) is 16.4 Å². The maximum atomic E-state index is 13.8. The summed E-state index contributed by atoms with van der Waals surface area (Å²) in [5, 5.41) is 0. The zero-order valence-corrected chi connectivity index (χ0v) is 12.8. The van der Waals surface area contributed by atoms with E-state index in [-0.39, 0.29) is 5.82 Å². The van der Waals surface area contributed by atoms with E-state index in [4.69, 9.17) is 11.6 Å². The van der Waals surface area contributed by atoms with E-state index in [9.17, 15) is 4.39 Å². The molecule has 5 heteroatoms. The molecule has 1 fully saturated rings. The number of hydrogen-bond donors (Lipinski definition) is 0. The standard InChI is InChI=1S/C14H15BrClFN2/c15-10-7-12-13(8-11(10)17)19(9-3-1-2-4-9)14(18-12)5-6-16/h7-9H,1-6H2. The Hall–Kier alpha value is -0.610. The molecule has 102 valence electrons. The van der Waals surface area contributed by atoms with E-state index < -0.39 is 0 Å². The van der Waals surface area contributed by atoms with Crippen molar-refractivity contribution < 1.29 is 4.39 Å². The van der Waals surface area contributed by atoms with Crippen LogP contribution in [0, 0.1) is 5.82 Å². The first-order valence-electron chi connectivity index (χ1n) is 6.62. The van der Waals surface area contributed by atoms with Crippen LogP contribution < -0.4 is 0 Å². The summed E-state index contributed by atoms with van der Waals surface area (Å²) in [6.07, 6.45) is 5.51. The average Bonchev–Trinajstić information content (AvgIpc) is 2.98. The Morgan fingerprint density at radius 3 is 2.79 bits per heavy atom. The van der Waals surface area contributed by atoms with E-state index in [0.717, 1.165) is 36.1 Å². The van der Waals surface area contributed by atoms with Gasteiger partial charge >= 0.3 is 0 Å². The maximum Gasteiger partial charge on any atom is 0.139 e. The summed E-state index contributed by atoms with van der Waals surface area (Å²) in [7, 11) is 0. The third-order valence-corrected chi connectivity index (χ3v) is 4.61. The van der Waals surface area contributed by atoms with Gasteiger partial charge in [0, 0.05) is 24.4 Å². The lowest BCUT2D eigenvalue weighted by molar-refractivity contribution is 0.512. The molecule has 1 aromatic heterocycles. The zero-order valence-electron chi connectivity index (χ0n) is 10.5. The van der Waals surface area contributed by atoms with Gasteiger partial charge in [0.05, 0.1) is 15.5 Å². The summed E-state index contributed by atoms with van der Waals surface area (Å²) in [6.45, 7) is 0. The molecule has 19 heavy (non-hydrogen) atoms. The van der Waals surface area contributed by atoms with Crippen molar-refractivity contribution in [3.63, 3.8) is 0 Å². The molecular weight excluding hydrogens is 331 g/mol. The number of alkyl halides is 1. The third-order valence-electron chi connectivity index (χ3n) is 3.81. The van der Waals surface area contributed by atoms with Gasteiger partial charge in [0.1, 0.15) is 11.6 Å². The van der Waals surface area contributed by atoms with Crippen molar-refractivity contribution in [2.45, 2.75) is 38.1 Å². The van der Waals surface area contributed by atoms with Crippen LogP contribution in [-0.4, -0.2) is 15.4 Å². The molecule has 1 aromatic carbocycles. The minimum atomic E-state index is -0.232. The topological polar surface area (TPSA) is 17.8 Å². The van der Waals surface area contributed by atoms with Gasteiger partial charge in [-0.15, -0.1) is 11.6 Å². The van der Waals surface area contributed by atoms with Gasteiger partial charge in [-0.2, -0.15) is 0 Å². The summed E-state index contributed by atoms with van der Waals surface area (Å²) in [6, 6.07) is 3.79. The number of halogens is 3. The molecule has 0 N–H and O–H groups in total. The number of aryl methyl sites for hydroxylation is 1. The quantitative estimate of drug-likeness (QED) is 0.728. The predicted octanol–water partition coefficient (Wildman–Crippen LogP) is 4.83. The number of fused-ring (bicyclic) bond motifs is 1. The van der Waals surface area contributed by atoms with Gasteiger partial charge in [-0.3, -0.25) is 0 Å². The largest absolute Gasteiger partial charge is 0.325 e. The molecule has 0 amide bonds. The number of aromatic nitrogens is 2. The highest BCUT2D eigenvalue weighted by Crippen LogP contribution is 2.35. The lowest BCUT2D eigenvalue weighted by Gasteiger charge is -2.16. The Labute approximate surface area is 125 Å². The molecule has 0 saturated heterocycles. The first kappa shape index (κ1) is 13.4. The van der Waals surface area contributed by atoms with Gasteiger partial charge in [-0.05, 0) is 34.8 Å². The van der Waals surface area contributed by atoms with Crippen LogP contribution in [0.5, 0.6) is 0 Å². The second-order valence-electron chi connectivity index (χ2n) is 5.03. The molecular formula is C14H15BrClFN2. The molecule has 1 aliphatic carbocycles. The maximum absolute atomic E-state index is 13.8. The van der Waals surface area contributed by atoms with Crippen molar-refractivity contribution in [3.05, 3.63) is 28.2 Å². The smallest absolute Gasteiger partial charge is 0.139 e. The van der Waals surface area contributed by atoms with Crippen molar-refractivity contribution in [3.8, 4) is 0 Å². The summed E-state index contributed by atoms with van der Waals surface area (Å²) in [5.41, 5.74) is 1.74. The van der Waals surface area contributed by atoms with Crippen LogP contribution in [0.15, 0.2) is 16.6 Å². The van der Waals surface area contributed by atoms with Gasteiger partial charge in [0.15, 0.2) is 0 Å². The first-order chi connectivity index (χ1) is 9.20. The molecule has 1 heterocycles. The fraction of sp³-hybridized carbons (Fsp3) is 0.500. The molecule has 0 unspecified atom stereocenters. The summed E-state index contributed by atoms with van der Waals surface area (Å²) in [5.74, 6) is 1.29. The monoisotopic (exact) mass is 344 g/mol. The van der Waals surface area contributed by atoms with Crippen LogP contribution in [-0.2, 0) is 6.42 Å². The minimum absolute atomic E-state index is 0.232. The van der Waals surface area contributed by atoms with Crippen LogP contribution in [0.2, 0.25) is 0 Å². The van der Waals surface area contributed by atoms with Crippen LogP contribution in [0.3, 0.4) is 0 Å². The van der Waals surface area contributed by atoms with Crippen LogP contribution in [0.1, 0.15) is 37.5 Å². The second-order valence-corrected chi connectivity index (χ2v) is 6.26. The molecule has 0 radical (unpaired) electrons. The SMILES string of the molecule is Fc1cc2c(cc1Br)nc(CCCl)n2C1CCCC1. The second kappa shape index (κ2) is 5.41. The van der Waals surface area contributed by atoms with E-state index in [2.05, 4.69) is 25.5 Å². The Morgan fingerprint density at radius 1 is 1.37 bits per heavy atom. The highest BCUT2D eigenvalue weighted by atomic mass is 79.9. The minimum Gasteiger partial charge on any atom is -0.325 e. The fourth-order valence-electron chi connectivity index (χ4n) is 2.97. The number of rotatable bonds is 3. The predicted molar refractivity (Wildman–Crippen MR) is 79.3 cm³/mol. The van der Waals surface area contributed by atoms with Crippen LogP contribution in [0.4, 0.5) is 4.39 Å². The van der Waals surface area contributed by atoms with Gasteiger partial charge < -0.3 is 4.57 Å². The van der Waals surface area contributed by atoms with Crippen molar-refractivity contribution in [2.24, 2.45) is 0 Å².